The summed E-state index contributed by atoms with van der Waals surface area (Å²) < 4.78 is 46.6. The van der Waals surface area contributed by atoms with Gasteiger partial charge in [0.15, 0.2) is 5.76 Å². The van der Waals surface area contributed by atoms with Crippen LogP contribution in [0.5, 0.6) is 5.75 Å². The van der Waals surface area contributed by atoms with Crippen LogP contribution in [-0.2, 0) is 24.3 Å². The Kier molecular flexibility index (Phi) is 10.3. The number of likely N-dealkylation sites (tertiary alicyclic amines) is 1. The molecule has 2 aromatic carbocycles. The summed E-state index contributed by atoms with van der Waals surface area (Å²) in [6.45, 7) is 4.66. The van der Waals surface area contributed by atoms with E-state index < -0.39 is 16.3 Å². The lowest BCUT2D eigenvalue weighted by Crippen LogP contribution is -2.43. The molecule has 0 unspecified atom stereocenters. The van der Waals surface area contributed by atoms with Crippen LogP contribution in [-0.4, -0.2) is 91.0 Å². The number of para-hydroxylation sites is 2. The Morgan fingerprint density at radius 1 is 1.11 bits per heavy atom. The molecule has 45 heavy (non-hydrogen) atoms. The van der Waals surface area contributed by atoms with Crippen molar-refractivity contribution in [2.75, 3.05) is 46.5 Å². The molecule has 0 aliphatic carbocycles. The van der Waals surface area contributed by atoms with Crippen LogP contribution < -0.4 is 10.4 Å². The van der Waals surface area contributed by atoms with Crippen LogP contribution in [0.3, 0.4) is 0 Å². The average molecular weight is 643 g/mol. The van der Waals surface area contributed by atoms with Crippen molar-refractivity contribution >= 4 is 27.0 Å². The Morgan fingerprint density at radius 2 is 1.82 bits per heavy atom. The number of aliphatic hydroxyl groups excluding tert-OH is 1. The molecule has 5 rings (SSSR count). The molecule has 2 atom stereocenters. The van der Waals surface area contributed by atoms with Crippen molar-refractivity contribution in [1.82, 2.24) is 18.8 Å². The molecule has 2 N–H and O–H groups in total. The molecule has 1 aromatic heterocycles. The SMILES string of the molecule is COc1ccc(S(=O)(=O)N(CCO)CCO[C@@H]2C[C@H](C(C)C)C=C(C(=O)N3CCC(n4c(=O)[nH]c5ccccc54)CC3)O2)cc1. The topological polar surface area (TPSA) is 143 Å². The van der Waals surface area contributed by atoms with Crippen molar-refractivity contribution < 1.29 is 32.5 Å². The number of fused-ring (bicyclic) bond motifs is 1. The van der Waals surface area contributed by atoms with Crippen LogP contribution >= 0.6 is 0 Å². The number of rotatable bonds is 12. The molecule has 0 radical (unpaired) electrons. The van der Waals surface area contributed by atoms with E-state index in [2.05, 4.69) is 18.8 Å². The molecule has 12 nitrogen and oxygen atoms in total. The van der Waals surface area contributed by atoms with E-state index in [1.165, 1.54) is 23.5 Å². The highest BCUT2D eigenvalue weighted by molar-refractivity contribution is 7.89. The number of allylic oxidation sites excluding steroid dienone is 1. The lowest BCUT2D eigenvalue weighted by molar-refractivity contribution is -0.157. The van der Waals surface area contributed by atoms with Gasteiger partial charge in [-0.05, 0) is 67.2 Å². The van der Waals surface area contributed by atoms with Gasteiger partial charge < -0.3 is 29.2 Å². The maximum absolute atomic E-state index is 13.6. The molecule has 3 heterocycles. The third-order valence-corrected chi connectivity index (χ3v) is 10.5. The smallest absolute Gasteiger partial charge is 0.326 e. The van der Waals surface area contributed by atoms with Gasteiger partial charge in [0.1, 0.15) is 5.75 Å². The third kappa shape index (κ3) is 7.27. The zero-order valence-electron chi connectivity index (χ0n) is 25.9. The number of amides is 1. The van der Waals surface area contributed by atoms with Crippen molar-refractivity contribution in [2.45, 2.75) is 50.3 Å². The molecule has 13 heteroatoms. The number of methoxy groups -OCH3 is 1. The third-order valence-electron chi connectivity index (χ3n) is 8.59. The summed E-state index contributed by atoms with van der Waals surface area (Å²) in [4.78, 5) is 31.1. The Hall–Kier alpha value is -3.65. The number of aliphatic hydroxyl groups is 1. The standard InChI is InChI=1S/C32H42N4O8S/c1-22(2)23-20-29(31(38)34-14-12-24(13-15-34)36-28-7-5-4-6-27(28)33-32(36)39)44-30(21-23)43-19-17-35(16-18-37)45(40,41)26-10-8-25(42-3)9-11-26/h4-11,20,22-24,30,37H,12-19,21H2,1-3H3,(H,33,39)/t23-,30+/m1/s1. The highest BCUT2D eigenvalue weighted by atomic mass is 32.2. The Labute approximate surface area is 263 Å². The van der Waals surface area contributed by atoms with E-state index in [4.69, 9.17) is 14.2 Å². The van der Waals surface area contributed by atoms with Crippen molar-refractivity contribution in [1.29, 1.82) is 0 Å². The molecular formula is C32H42N4O8S. The van der Waals surface area contributed by atoms with Gasteiger partial charge in [-0.25, -0.2) is 13.2 Å². The number of aromatic amines is 1. The van der Waals surface area contributed by atoms with E-state index in [1.807, 2.05) is 30.3 Å². The fraction of sp³-hybridized carbons (Fsp3) is 0.500. The van der Waals surface area contributed by atoms with Crippen LogP contribution in [0.15, 0.2) is 70.1 Å². The molecule has 2 aliphatic heterocycles. The summed E-state index contributed by atoms with van der Waals surface area (Å²) in [7, 11) is -2.39. The summed E-state index contributed by atoms with van der Waals surface area (Å²) in [5.41, 5.74) is 1.51. The first-order chi connectivity index (χ1) is 21.6. The summed E-state index contributed by atoms with van der Waals surface area (Å²) in [5.74, 6) is 0.798. The van der Waals surface area contributed by atoms with Crippen LogP contribution in [0.4, 0.5) is 0 Å². The maximum atomic E-state index is 13.6. The van der Waals surface area contributed by atoms with Crippen LogP contribution in [0, 0.1) is 11.8 Å². The van der Waals surface area contributed by atoms with Gasteiger partial charge >= 0.3 is 5.69 Å². The van der Waals surface area contributed by atoms with Gasteiger partial charge in [-0.1, -0.05) is 26.0 Å². The number of sulfonamides is 1. The molecule has 1 fully saturated rings. The van der Waals surface area contributed by atoms with Gasteiger partial charge in [-0.2, -0.15) is 4.31 Å². The van der Waals surface area contributed by atoms with Gasteiger partial charge in [-0.15, -0.1) is 0 Å². The molecule has 1 amide bonds. The number of piperidine rings is 1. The van der Waals surface area contributed by atoms with Gasteiger partial charge in [0.05, 0.1) is 36.3 Å². The number of imidazole rings is 1. The van der Waals surface area contributed by atoms with Crippen molar-refractivity contribution in [3.63, 3.8) is 0 Å². The first-order valence-corrected chi connectivity index (χ1v) is 16.8. The predicted molar refractivity (Wildman–Crippen MR) is 168 cm³/mol. The van der Waals surface area contributed by atoms with E-state index in [9.17, 15) is 23.1 Å². The normalized spacial score (nSPS) is 19.6. The van der Waals surface area contributed by atoms with E-state index in [1.54, 1.807) is 21.6 Å². The second-order valence-corrected chi connectivity index (χ2v) is 13.7. The fourth-order valence-corrected chi connectivity index (χ4v) is 7.38. The first-order valence-electron chi connectivity index (χ1n) is 15.4. The van der Waals surface area contributed by atoms with Crippen LogP contribution in [0.2, 0.25) is 0 Å². The van der Waals surface area contributed by atoms with E-state index >= 15 is 0 Å². The summed E-state index contributed by atoms with van der Waals surface area (Å²) in [6.07, 6.45) is 2.93. The number of H-pyrrole nitrogens is 1. The average Bonchev–Trinajstić information content (AvgIpc) is 3.39. The number of ether oxygens (including phenoxy) is 3. The van der Waals surface area contributed by atoms with Crippen molar-refractivity contribution in [2.24, 2.45) is 11.8 Å². The van der Waals surface area contributed by atoms with Gasteiger partial charge in [0.25, 0.3) is 5.91 Å². The number of hydrogen-bond donors (Lipinski definition) is 2. The van der Waals surface area contributed by atoms with Crippen molar-refractivity contribution in [3.05, 3.63) is 70.9 Å². The number of nitrogens with zero attached hydrogens (tertiary/aromatic N) is 3. The fourth-order valence-electron chi connectivity index (χ4n) is 5.97. The molecule has 3 aromatic rings. The zero-order chi connectivity index (χ0) is 32.1. The first kappa shape index (κ1) is 32.7. The molecular weight excluding hydrogens is 600 g/mol. The van der Waals surface area contributed by atoms with Crippen LogP contribution in [0.25, 0.3) is 11.0 Å². The minimum atomic E-state index is -3.89. The highest BCUT2D eigenvalue weighted by Crippen LogP contribution is 2.31. The maximum Gasteiger partial charge on any atom is 0.326 e. The van der Waals surface area contributed by atoms with E-state index in [-0.39, 0.29) is 66.4 Å². The quantitative estimate of drug-likeness (QED) is 0.307. The second kappa shape index (κ2) is 14.2. The number of carbonyl (C=O) groups excluding carboxylic acids is 1. The summed E-state index contributed by atoms with van der Waals surface area (Å²) >= 11 is 0. The number of hydrogen-bond acceptors (Lipinski definition) is 8. The Bertz CT molecular complexity index is 1660. The van der Waals surface area contributed by atoms with E-state index in [0.29, 0.717) is 38.1 Å². The number of aromatic nitrogens is 2. The lowest BCUT2D eigenvalue weighted by atomic mass is 9.90. The number of nitrogens with one attached hydrogen (secondary N) is 1. The monoisotopic (exact) mass is 642 g/mol. The minimum absolute atomic E-state index is 0.00512. The van der Waals surface area contributed by atoms with Gasteiger partial charge in [0, 0.05) is 38.6 Å². The van der Waals surface area contributed by atoms with Crippen LogP contribution in [0.1, 0.15) is 39.2 Å². The largest absolute Gasteiger partial charge is 0.497 e. The highest BCUT2D eigenvalue weighted by Gasteiger charge is 2.34. The van der Waals surface area contributed by atoms with Gasteiger partial charge in [-0.3, -0.25) is 9.36 Å². The molecule has 244 valence electrons. The molecule has 1 saturated heterocycles. The van der Waals surface area contributed by atoms with E-state index in [0.717, 1.165) is 11.0 Å². The zero-order valence-corrected chi connectivity index (χ0v) is 26.7. The second-order valence-electron chi connectivity index (χ2n) is 11.7. The lowest BCUT2D eigenvalue weighted by Gasteiger charge is -2.36. The number of benzene rings is 2. The Balaban J connectivity index is 1.20. The Morgan fingerprint density at radius 3 is 2.49 bits per heavy atom. The molecule has 0 bridgehead atoms. The molecule has 0 spiro atoms. The van der Waals surface area contributed by atoms with Crippen molar-refractivity contribution in [3.8, 4) is 5.75 Å². The minimum Gasteiger partial charge on any atom is -0.497 e. The molecule has 2 aliphatic rings. The number of carbonyl (C=O) groups is 1. The summed E-state index contributed by atoms with van der Waals surface area (Å²) in [6, 6.07) is 13.6. The summed E-state index contributed by atoms with van der Waals surface area (Å²) in [5, 5.41) is 9.56. The van der Waals surface area contributed by atoms with Gasteiger partial charge in [0.2, 0.25) is 16.3 Å². The molecule has 0 saturated carbocycles. The predicted octanol–water partition coefficient (Wildman–Crippen LogP) is 3.10.